The molecule has 5 nitrogen and oxygen atoms in total. The van der Waals surface area contributed by atoms with Gasteiger partial charge in [0.1, 0.15) is 18.5 Å². The van der Waals surface area contributed by atoms with Crippen LogP contribution < -0.4 is 15.4 Å². The molecule has 1 aromatic carbocycles. The number of hydrogen-bond donors (Lipinski definition) is 3. The SMILES string of the molecule is O=C(CCC1CCNCC1)NCC(O)COc1ccc(C(F)(F)F)cc1. The van der Waals surface area contributed by atoms with E-state index in [9.17, 15) is 23.1 Å². The number of piperidine rings is 1. The van der Waals surface area contributed by atoms with Crippen LogP contribution in [0.5, 0.6) is 5.75 Å². The van der Waals surface area contributed by atoms with E-state index >= 15 is 0 Å². The van der Waals surface area contributed by atoms with Crippen molar-refractivity contribution in [2.75, 3.05) is 26.2 Å². The first-order chi connectivity index (χ1) is 12.3. The first kappa shape index (κ1) is 20.5. The fourth-order valence-corrected chi connectivity index (χ4v) is 2.82. The zero-order valence-corrected chi connectivity index (χ0v) is 14.5. The molecule has 26 heavy (non-hydrogen) atoms. The van der Waals surface area contributed by atoms with Crippen molar-refractivity contribution in [2.24, 2.45) is 5.92 Å². The molecule has 1 aliphatic rings. The van der Waals surface area contributed by atoms with Crippen molar-refractivity contribution < 1.29 is 27.8 Å². The molecule has 1 unspecified atom stereocenters. The van der Waals surface area contributed by atoms with Crippen LogP contribution >= 0.6 is 0 Å². The fraction of sp³-hybridized carbons (Fsp3) is 0.611. The van der Waals surface area contributed by atoms with Gasteiger partial charge in [-0.2, -0.15) is 13.2 Å². The van der Waals surface area contributed by atoms with Crippen LogP contribution in [0.4, 0.5) is 13.2 Å². The Morgan fingerprint density at radius 1 is 1.27 bits per heavy atom. The second-order valence-corrected chi connectivity index (χ2v) is 6.52. The number of hydrogen-bond acceptors (Lipinski definition) is 4. The van der Waals surface area contributed by atoms with Gasteiger partial charge in [-0.05, 0) is 62.5 Å². The Morgan fingerprint density at radius 2 is 1.92 bits per heavy atom. The Kier molecular flexibility index (Phi) is 7.71. The van der Waals surface area contributed by atoms with Crippen LogP contribution in [0.25, 0.3) is 0 Å². The number of carbonyl (C=O) groups is 1. The van der Waals surface area contributed by atoms with E-state index < -0.39 is 17.8 Å². The predicted octanol–water partition coefficient (Wildman–Crippen LogP) is 2.34. The van der Waals surface area contributed by atoms with Crippen molar-refractivity contribution in [1.82, 2.24) is 10.6 Å². The van der Waals surface area contributed by atoms with E-state index in [4.69, 9.17) is 4.74 Å². The summed E-state index contributed by atoms with van der Waals surface area (Å²) in [6.45, 7) is 1.92. The molecule has 3 N–H and O–H groups in total. The lowest BCUT2D eigenvalue weighted by Gasteiger charge is -2.22. The summed E-state index contributed by atoms with van der Waals surface area (Å²) in [4.78, 5) is 11.8. The Morgan fingerprint density at radius 3 is 2.54 bits per heavy atom. The van der Waals surface area contributed by atoms with Gasteiger partial charge in [0.2, 0.25) is 5.91 Å². The molecule has 1 amide bonds. The number of aliphatic hydroxyl groups is 1. The number of rotatable bonds is 8. The molecule has 0 radical (unpaired) electrons. The third kappa shape index (κ3) is 7.21. The van der Waals surface area contributed by atoms with Crippen molar-refractivity contribution in [3.8, 4) is 5.75 Å². The Labute approximate surface area is 150 Å². The lowest BCUT2D eigenvalue weighted by Crippen LogP contribution is -2.35. The topological polar surface area (TPSA) is 70.6 Å². The Hall–Kier alpha value is -1.80. The second-order valence-electron chi connectivity index (χ2n) is 6.52. The number of benzene rings is 1. The molecular formula is C18H25F3N2O3. The summed E-state index contributed by atoms with van der Waals surface area (Å²) in [5.41, 5.74) is -0.758. The van der Waals surface area contributed by atoms with Crippen LogP contribution in [0.15, 0.2) is 24.3 Å². The van der Waals surface area contributed by atoms with Gasteiger partial charge >= 0.3 is 6.18 Å². The van der Waals surface area contributed by atoms with Crippen molar-refractivity contribution >= 4 is 5.91 Å². The molecule has 0 saturated carbocycles. The van der Waals surface area contributed by atoms with Crippen molar-refractivity contribution in [2.45, 2.75) is 38.0 Å². The first-order valence-corrected chi connectivity index (χ1v) is 8.80. The molecule has 1 saturated heterocycles. The van der Waals surface area contributed by atoms with Gasteiger partial charge in [0.05, 0.1) is 5.56 Å². The summed E-state index contributed by atoms with van der Waals surface area (Å²) < 4.78 is 42.6. The van der Waals surface area contributed by atoms with E-state index in [0.29, 0.717) is 12.3 Å². The number of carbonyl (C=O) groups excluding carboxylic acids is 1. The van der Waals surface area contributed by atoms with Crippen LogP contribution in [0.1, 0.15) is 31.2 Å². The summed E-state index contributed by atoms with van der Waals surface area (Å²) in [7, 11) is 0. The zero-order valence-electron chi connectivity index (χ0n) is 14.5. The molecule has 1 aliphatic heterocycles. The summed E-state index contributed by atoms with van der Waals surface area (Å²) >= 11 is 0. The zero-order chi connectivity index (χ0) is 19.0. The van der Waals surface area contributed by atoms with E-state index in [-0.39, 0.29) is 24.8 Å². The minimum Gasteiger partial charge on any atom is -0.491 e. The number of halogens is 3. The molecule has 2 rings (SSSR count). The van der Waals surface area contributed by atoms with Gasteiger partial charge in [0.25, 0.3) is 0 Å². The summed E-state index contributed by atoms with van der Waals surface area (Å²) in [5, 5.41) is 15.8. The highest BCUT2D eigenvalue weighted by Gasteiger charge is 2.30. The van der Waals surface area contributed by atoms with Gasteiger partial charge in [-0.1, -0.05) is 0 Å². The lowest BCUT2D eigenvalue weighted by molar-refractivity contribution is -0.137. The van der Waals surface area contributed by atoms with E-state index in [1.54, 1.807) is 0 Å². The first-order valence-electron chi connectivity index (χ1n) is 8.80. The van der Waals surface area contributed by atoms with E-state index in [1.807, 2.05) is 0 Å². The highest BCUT2D eigenvalue weighted by atomic mass is 19.4. The minimum absolute atomic E-state index is 0.0473. The van der Waals surface area contributed by atoms with E-state index in [1.165, 1.54) is 12.1 Å². The maximum Gasteiger partial charge on any atom is 0.416 e. The molecule has 0 aliphatic carbocycles. The van der Waals surface area contributed by atoms with Gasteiger partial charge < -0.3 is 20.5 Å². The van der Waals surface area contributed by atoms with Crippen LogP contribution in [-0.4, -0.2) is 43.4 Å². The van der Waals surface area contributed by atoms with Gasteiger partial charge in [0.15, 0.2) is 0 Å². The molecule has 146 valence electrons. The van der Waals surface area contributed by atoms with Gasteiger partial charge in [-0.25, -0.2) is 0 Å². The maximum atomic E-state index is 12.5. The van der Waals surface area contributed by atoms with Crippen LogP contribution in [0.3, 0.4) is 0 Å². The lowest BCUT2D eigenvalue weighted by atomic mass is 9.93. The quantitative estimate of drug-likeness (QED) is 0.653. The number of ether oxygens (including phenoxy) is 1. The van der Waals surface area contributed by atoms with E-state index in [2.05, 4.69) is 10.6 Å². The number of nitrogens with one attached hydrogen (secondary N) is 2. The summed E-state index contributed by atoms with van der Waals surface area (Å²) in [5.74, 6) is 0.682. The van der Waals surface area contributed by atoms with Crippen LogP contribution in [0.2, 0.25) is 0 Å². The molecule has 1 aromatic rings. The molecule has 0 aromatic heterocycles. The predicted molar refractivity (Wildman–Crippen MR) is 90.8 cm³/mol. The highest BCUT2D eigenvalue weighted by Crippen LogP contribution is 2.30. The average Bonchev–Trinajstić information content (AvgIpc) is 2.63. The Balaban J connectivity index is 1.62. The number of aliphatic hydroxyl groups excluding tert-OH is 1. The van der Waals surface area contributed by atoms with Gasteiger partial charge in [0, 0.05) is 13.0 Å². The fourth-order valence-electron chi connectivity index (χ4n) is 2.82. The molecule has 1 atom stereocenters. The molecule has 1 fully saturated rings. The smallest absolute Gasteiger partial charge is 0.416 e. The average molecular weight is 374 g/mol. The summed E-state index contributed by atoms with van der Waals surface area (Å²) in [6, 6.07) is 4.24. The molecular weight excluding hydrogens is 349 g/mol. The standard InChI is InChI=1S/C18H25F3N2O3/c19-18(20,21)14-2-4-16(5-3-14)26-12-15(24)11-23-17(25)6-1-13-7-9-22-10-8-13/h2-5,13,15,22,24H,1,6-12H2,(H,23,25). The van der Waals surface area contributed by atoms with Crippen molar-refractivity contribution in [3.63, 3.8) is 0 Å². The van der Waals surface area contributed by atoms with Crippen molar-refractivity contribution in [3.05, 3.63) is 29.8 Å². The van der Waals surface area contributed by atoms with Crippen LogP contribution in [-0.2, 0) is 11.0 Å². The third-order valence-electron chi connectivity index (χ3n) is 4.40. The van der Waals surface area contributed by atoms with Crippen LogP contribution in [0, 0.1) is 5.92 Å². The number of alkyl halides is 3. The van der Waals surface area contributed by atoms with Gasteiger partial charge in [-0.15, -0.1) is 0 Å². The van der Waals surface area contributed by atoms with E-state index in [0.717, 1.165) is 44.5 Å². The molecule has 0 bridgehead atoms. The third-order valence-corrected chi connectivity index (χ3v) is 4.40. The highest BCUT2D eigenvalue weighted by molar-refractivity contribution is 5.75. The molecule has 1 heterocycles. The van der Waals surface area contributed by atoms with Gasteiger partial charge in [-0.3, -0.25) is 4.79 Å². The Bertz CT molecular complexity index is 558. The normalized spacial score (nSPS) is 16.9. The van der Waals surface area contributed by atoms with Crippen molar-refractivity contribution in [1.29, 1.82) is 0 Å². The molecule has 0 spiro atoms. The number of amides is 1. The second kappa shape index (κ2) is 9.78. The molecule has 8 heteroatoms. The summed E-state index contributed by atoms with van der Waals surface area (Å²) in [6.07, 6.45) is -1.90. The largest absolute Gasteiger partial charge is 0.491 e. The monoisotopic (exact) mass is 374 g/mol. The minimum atomic E-state index is -4.39. The maximum absolute atomic E-state index is 12.5.